The minimum Gasteiger partial charge on any atom is -0.444 e. The molecular formula is C42H49Cl2N5O5. The highest BCUT2D eigenvalue weighted by Crippen LogP contribution is 2.40. The predicted molar refractivity (Wildman–Crippen MR) is 209 cm³/mol. The molecule has 7 rings (SSSR count). The number of aryl methyl sites for hydroxylation is 2. The maximum atomic E-state index is 14.2. The number of nitrogens with zero attached hydrogens (tertiary/aromatic N) is 5. The van der Waals surface area contributed by atoms with E-state index in [4.69, 9.17) is 27.9 Å². The zero-order chi connectivity index (χ0) is 38.5. The summed E-state index contributed by atoms with van der Waals surface area (Å²) in [5.74, 6) is -0.188. The molecule has 4 aliphatic rings. The molecule has 4 amide bonds. The van der Waals surface area contributed by atoms with Crippen molar-refractivity contribution in [1.29, 1.82) is 0 Å². The lowest BCUT2D eigenvalue weighted by molar-refractivity contribution is -0.145. The first-order valence-corrected chi connectivity index (χ1v) is 19.6. The van der Waals surface area contributed by atoms with Gasteiger partial charge in [-0.05, 0) is 76.4 Å². The lowest BCUT2D eigenvalue weighted by Gasteiger charge is -2.49. The van der Waals surface area contributed by atoms with Crippen molar-refractivity contribution >= 4 is 47.0 Å². The highest BCUT2D eigenvalue weighted by Gasteiger charge is 2.54. The van der Waals surface area contributed by atoms with E-state index in [0.717, 1.165) is 28.7 Å². The van der Waals surface area contributed by atoms with E-state index in [-0.39, 0.29) is 41.8 Å². The Morgan fingerprint density at radius 3 is 2.13 bits per heavy atom. The van der Waals surface area contributed by atoms with Crippen molar-refractivity contribution in [2.24, 2.45) is 0 Å². The number of piperazine rings is 2. The molecule has 0 aliphatic carbocycles. The highest BCUT2D eigenvalue weighted by atomic mass is 35.5. The third-order valence-corrected chi connectivity index (χ3v) is 12.0. The summed E-state index contributed by atoms with van der Waals surface area (Å²) >= 11 is 12.7. The van der Waals surface area contributed by atoms with E-state index in [1.54, 1.807) is 17.0 Å². The molecule has 0 radical (unpaired) electrons. The molecule has 2 unspecified atom stereocenters. The van der Waals surface area contributed by atoms with Crippen molar-refractivity contribution in [3.8, 4) is 0 Å². The van der Waals surface area contributed by atoms with Crippen LogP contribution in [0.25, 0.3) is 0 Å². The first-order chi connectivity index (χ1) is 25.7. The monoisotopic (exact) mass is 773 g/mol. The van der Waals surface area contributed by atoms with Crippen molar-refractivity contribution in [2.75, 3.05) is 45.8 Å². The number of hydrogen-bond donors (Lipinski definition) is 0. The third-order valence-electron chi connectivity index (χ3n) is 11.3. The number of hydrogen-bond acceptors (Lipinski definition) is 6. The lowest BCUT2D eigenvalue weighted by Crippen LogP contribution is -2.66. The summed E-state index contributed by atoms with van der Waals surface area (Å²) in [5, 5.41) is 0.831. The molecule has 12 heteroatoms. The van der Waals surface area contributed by atoms with Gasteiger partial charge in [0.1, 0.15) is 11.6 Å². The van der Waals surface area contributed by atoms with Crippen LogP contribution < -0.4 is 0 Å². The fourth-order valence-electron chi connectivity index (χ4n) is 8.70. The van der Waals surface area contributed by atoms with Crippen LogP contribution in [-0.2, 0) is 14.3 Å². The zero-order valence-corrected chi connectivity index (χ0v) is 33.1. The van der Waals surface area contributed by atoms with Crippen molar-refractivity contribution < 1.29 is 23.9 Å². The van der Waals surface area contributed by atoms with Crippen LogP contribution >= 0.6 is 23.2 Å². The van der Waals surface area contributed by atoms with E-state index < -0.39 is 17.7 Å². The van der Waals surface area contributed by atoms with Crippen molar-refractivity contribution in [3.63, 3.8) is 0 Å². The predicted octanol–water partition coefficient (Wildman–Crippen LogP) is 6.71. The third kappa shape index (κ3) is 7.84. The molecule has 0 aromatic heterocycles. The molecular weight excluding hydrogens is 725 g/mol. The largest absolute Gasteiger partial charge is 0.444 e. The zero-order valence-electron chi connectivity index (χ0n) is 31.6. The SMILES string of the molecule is Cc1cc(C)cc(C(=O)N2CCN(C(=O)CCN3C[C@H]4C[C@H]3CN4C(=O)C3C(c4ccccc4)CN3C(=O)OC(C)(C)C)[C@H](c3ccc(Cl)c(Cl)c3)C2)c1. The van der Waals surface area contributed by atoms with E-state index in [1.807, 2.05) is 104 Å². The number of carbonyl (C=O) groups excluding carboxylic acids is 4. The summed E-state index contributed by atoms with van der Waals surface area (Å²) in [6, 6.07) is 20.3. The number of amides is 4. The smallest absolute Gasteiger partial charge is 0.411 e. The maximum Gasteiger partial charge on any atom is 0.411 e. The average molecular weight is 775 g/mol. The molecule has 54 heavy (non-hydrogen) atoms. The van der Waals surface area contributed by atoms with E-state index in [9.17, 15) is 19.2 Å². The lowest BCUT2D eigenvalue weighted by atomic mass is 9.82. The van der Waals surface area contributed by atoms with Gasteiger partial charge in [-0.2, -0.15) is 0 Å². The number of carbonyl (C=O) groups is 4. The van der Waals surface area contributed by atoms with Crippen LogP contribution in [0.1, 0.15) is 78.2 Å². The molecule has 4 fully saturated rings. The fraction of sp³-hybridized carbons (Fsp3) is 0.476. The Bertz CT molecular complexity index is 1920. The number of likely N-dealkylation sites (tertiary alicyclic amines) is 3. The van der Waals surface area contributed by atoms with Crippen LogP contribution in [0, 0.1) is 13.8 Å². The summed E-state index contributed by atoms with van der Waals surface area (Å²) < 4.78 is 5.69. The Morgan fingerprint density at radius 2 is 1.48 bits per heavy atom. The minimum absolute atomic E-state index is 0.00782. The van der Waals surface area contributed by atoms with Gasteiger partial charge in [-0.1, -0.05) is 76.8 Å². The van der Waals surface area contributed by atoms with E-state index in [0.29, 0.717) is 67.8 Å². The van der Waals surface area contributed by atoms with Crippen LogP contribution in [-0.4, -0.2) is 118 Å². The van der Waals surface area contributed by atoms with Gasteiger partial charge >= 0.3 is 6.09 Å². The minimum atomic E-state index is -0.666. The van der Waals surface area contributed by atoms with Gasteiger partial charge in [0.2, 0.25) is 11.8 Å². The first kappa shape index (κ1) is 38.2. The molecule has 10 nitrogen and oxygen atoms in total. The van der Waals surface area contributed by atoms with Crippen LogP contribution in [0.4, 0.5) is 4.79 Å². The van der Waals surface area contributed by atoms with Gasteiger partial charge in [-0.15, -0.1) is 0 Å². The van der Waals surface area contributed by atoms with Gasteiger partial charge in [0, 0.05) is 75.8 Å². The molecule has 3 aromatic carbocycles. The summed E-state index contributed by atoms with van der Waals surface area (Å²) in [6.07, 6.45) is 0.679. The van der Waals surface area contributed by atoms with Gasteiger partial charge in [0.05, 0.1) is 16.1 Å². The number of fused-ring (bicyclic) bond motifs is 2. The average Bonchev–Trinajstić information content (AvgIpc) is 3.71. The highest BCUT2D eigenvalue weighted by molar-refractivity contribution is 6.42. The Morgan fingerprint density at radius 1 is 0.759 bits per heavy atom. The Labute approximate surface area is 327 Å². The molecule has 0 spiro atoms. The van der Waals surface area contributed by atoms with E-state index in [1.165, 1.54) is 0 Å². The molecule has 4 saturated heterocycles. The Kier molecular flexibility index (Phi) is 10.7. The van der Waals surface area contributed by atoms with Gasteiger partial charge in [-0.25, -0.2) is 4.79 Å². The van der Waals surface area contributed by atoms with Crippen molar-refractivity contribution in [1.82, 2.24) is 24.5 Å². The molecule has 0 N–H and O–H groups in total. The van der Waals surface area contributed by atoms with E-state index in [2.05, 4.69) is 4.90 Å². The van der Waals surface area contributed by atoms with Crippen molar-refractivity contribution in [3.05, 3.63) is 105 Å². The Balaban J connectivity index is 1.00. The molecule has 2 bridgehead atoms. The Hall–Kier alpha value is -4.12. The summed E-state index contributed by atoms with van der Waals surface area (Å²) in [4.78, 5) is 64.7. The van der Waals surface area contributed by atoms with Crippen LogP contribution in [0.5, 0.6) is 0 Å². The first-order valence-electron chi connectivity index (χ1n) is 18.9. The van der Waals surface area contributed by atoms with Crippen LogP contribution in [0.3, 0.4) is 0 Å². The van der Waals surface area contributed by atoms with Crippen LogP contribution in [0.2, 0.25) is 10.0 Å². The maximum absolute atomic E-state index is 14.2. The summed E-state index contributed by atoms with van der Waals surface area (Å²) in [7, 11) is 0. The number of halogens is 2. The van der Waals surface area contributed by atoms with Gasteiger partial charge in [0.25, 0.3) is 5.91 Å². The number of benzene rings is 3. The van der Waals surface area contributed by atoms with Gasteiger partial charge in [0.15, 0.2) is 0 Å². The topological polar surface area (TPSA) is 93.7 Å². The normalized spacial score (nSPS) is 24.1. The quantitative estimate of drug-likeness (QED) is 0.265. The summed E-state index contributed by atoms with van der Waals surface area (Å²) in [5.41, 5.74) is 3.89. The molecule has 286 valence electrons. The van der Waals surface area contributed by atoms with Crippen LogP contribution in [0.15, 0.2) is 66.7 Å². The standard InChI is InChI=1S/C42H49Cl2N5O5/c1-26-17-27(2)19-30(18-26)39(51)46-15-16-47(36(25-46)29-11-12-34(43)35(44)20-29)37(50)13-14-45-22-32-21-31(45)23-48(32)40(52)38-33(28-9-7-6-8-10-28)24-49(38)41(53)54-42(3,4)5/h6-12,17-20,31-33,36,38H,13-16,21-25H2,1-5H3/t31-,32+,33?,36-,38?/m0/s1. The molecule has 5 atom stereocenters. The van der Waals surface area contributed by atoms with E-state index >= 15 is 0 Å². The molecule has 3 aromatic rings. The molecule has 4 aliphatic heterocycles. The fourth-order valence-corrected chi connectivity index (χ4v) is 9.01. The van der Waals surface area contributed by atoms with Crippen molar-refractivity contribution in [2.45, 2.75) is 83.1 Å². The second kappa shape index (κ2) is 15.2. The van der Waals surface area contributed by atoms with Gasteiger partial charge in [-0.3, -0.25) is 24.2 Å². The second-order valence-electron chi connectivity index (χ2n) is 16.3. The second-order valence-corrected chi connectivity index (χ2v) is 17.1. The number of rotatable bonds is 7. The summed E-state index contributed by atoms with van der Waals surface area (Å²) in [6.45, 7) is 12.8. The van der Waals surface area contributed by atoms with Gasteiger partial charge < -0.3 is 19.4 Å². The molecule has 4 heterocycles. The molecule has 0 saturated carbocycles. The number of ether oxygens (including phenoxy) is 1.